The molecule has 0 saturated carbocycles. The van der Waals surface area contributed by atoms with Crippen LogP contribution in [0.5, 0.6) is 0 Å². The Morgan fingerprint density at radius 3 is 2.63 bits per heavy atom. The van der Waals surface area contributed by atoms with Crippen LogP contribution in [0.25, 0.3) is 0 Å². The number of halogens is 2. The zero-order chi connectivity index (χ0) is 13.8. The molecule has 2 aromatic rings. The molecule has 0 fully saturated rings. The Labute approximate surface area is 115 Å². The second kappa shape index (κ2) is 6.17. The fourth-order valence-electron chi connectivity index (χ4n) is 1.64. The highest BCUT2D eigenvalue weighted by Crippen LogP contribution is 2.26. The molecule has 1 nitrogen and oxygen atoms in total. The van der Waals surface area contributed by atoms with Crippen LogP contribution in [0.15, 0.2) is 47.4 Å². The smallest absolute Gasteiger partial charge is 0.126 e. The Morgan fingerprint density at radius 2 is 1.95 bits per heavy atom. The number of rotatable bonds is 4. The van der Waals surface area contributed by atoms with Gasteiger partial charge in [-0.3, -0.25) is 0 Å². The van der Waals surface area contributed by atoms with E-state index in [-0.39, 0.29) is 11.6 Å². The van der Waals surface area contributed by atoms with Crippen LogP contribution in [0, 0.1) is 18.6 Å². The van der Waals surface area contributed by atoms with E-state index in [1.54, 1.807) is 31.2 Å². The van der Waals surface area contributed by atoms with Crippen molar-refractivity contribution in [2.45, 2.75) is 17.9 Å². The van der Waals surface area contributed by atoms with Crippen molar-refractivity contribution >= 4 is 11.8 Å². The van der Waals surface area contributed by atoms with Crippen molar-refractivity contribution in [2.24, 2.45) is 0 Å². The predicted octanol–water partition coefficient (Wildman–Crippen LogP) is 4.10. The maximum absolute atomic E-state index is 13.4. The average Bonchev–Trinajstić information content (AvgIpc) is 2.39. The minimum absolute atomic E-state index is 0.305. The molecule has 0 saturated heterocycles. The van der Waals surface area contributed by atoms with Gasteiger partial charge in [0.15, 0.2) is 0 Å². The van der Waals surface area contributed by atoms with Gasteiger partial charge in [0.05, 0.1) is 6.10 Å². The van der Waals surface area contributed by atoms with Gasteiger partial charge in [-0.2, -0.15) is 0 Å². The maximum atomic E-state index is 13.4. The minimum atomic E-state index is -0.775. The van der Waals surface area contributed by atoms with E-state index in [9.17, 15) is 13.9 Å². The summed E-state index contributed by atoms with van der Waals surface area (Å²) in [6, 6.07) is 10.9. The molecule has 0 radical (unpaired) electrons. The normalized spacial score (nSPS) is 12.4. The first-order valence-corrected chi connectivity index (χ1v) is 6.87. The van der Waals surface area contributed by atoms with Gasteiger partial charge in [-0.15, -0.1) is 11.8 Å². The lowest BCUT2D eigenvalue weighted by molar-refractivity contribution is 0.203. The first-order chi connectivity index (χ1) is 9.06. The molecule has 2 rings (SSSR count). The quantitative estimate of drug-likeness (QED) is 0.851. The molecule has 0 heterocycles. The van der Waals surface area contributed by atoms with Gasteiger partial charge < -0.3 is 5.11 Å². The van der Waals surface area contributed by atoms with Crippen molar-refractivity contribution in [3.8, 4) is 0 Å². The molecule has 1 unspecified atom stereocenters. The summed E-state index contributed by atoms with van der Waals surface area (Å²) in [4.78, 5) is 0.742. The predicted molar refractivity (Wildman–Crippen MR) is 73.2 cm³/mol. The number of hydrogen-bond donors (Lipinski definition) is 1. The molecule has 0 aromatic heterocycles. The molecule has 4 heteroatoms. The number of thioether (sulfide) groups is 1. The lowest BCUT2D eigenvalue weighted by Crippen LogP contribution is -2.01. The van der Waals surface area contributed by atoms with Crippen molar-refractivity contribution < 1.29 is 13.9 Å². The third-order valence-corrected chi connectivity index (χ3v) is 3.85. The summed E-state index contributed by atoms with van der Waals surface area (Å²) in [6.07, 6.45) is -0.775. The first-order valence-electron chi connectivity index (χ1n) is 5.89. The maximum Gasteiger partial charge on any atom is 0.126 e. The van der Waals surface area contributed by atoms with E-state index in [4.69, 9.17) is 0 Å². The summed E-state index contributed by atoms with van der Waals surface area (Å²) < 4.78 is 26.4. The Morgan fingerprint density at radius 1 is 1.16 bits per heavy atom. The van der Waals surface area contributed by atoms with Crippen molar-refractivity contribution in [3.63, 3.8) is 0 Å². The molecule has 19 heavy (non-hydrogen) atoms. The van der Waals surface area contributed by atoms with Crippen molar-refractivity contribution in [1.82, 2.24) is 0 Å². The van der Waals surface area contributed by atoms with Gasteiger partial charge in [-0.05, 0) is 42.3 Å². The number of benzene rings is 2. The summed E-state index contributed by atoms with van der Waals surface area (Å²) >= 11 is 1.34. The molecule has 0 spiro atoms. The molecular formula is C15H14F2OS. The van der Waals surface area contributed by atoms with Crippen molar-refractivity contribution in [3.05, 3.63) is 65.2 Å². The van der Waals surface area contributed by atoms with Crippen LogP contribution in [0.3, 0.4) is 0 Å². The number of aryl methyl sites for hydroxylation is 1. The highest BCUT2D eigenvalue weighted by Gasteiger charge is 2.10. The third kappa shape index (κ3) is 3.78. The first kappa shape index (κ1) is 14.0. The van der Waals surface area contributed by atoms with Gasteiger partial charge in [0, 0.05) is 10.6 Å². The Bertz CT molecular complexity index is 572. The Balaban J connectivity index is 2.01. The van der Waals surface area contributed by atoms with Gasteiger partial charge >= 0.3 is 0 Å². The van der Waals surface area contributed by atoms with E-state index < -0.39 is 6.10 Å². The molecular weight excluding hydrogens is 266 g/mol. The summed E-state index contributed by atoms with van der Waals surface area (Å²) in [5.41, 5.74) is 1.08. The van der Waals surface area contributed by atoms with Crippen LogP contribution in [-0.2, 0) is 0 Å². The van der Waals surface area contributed by atoms with E-state index in [1.165, 1.54) is 30.0 Å². The van der Waals surface area contributed by atoms with E-state index in [1.807, 2.05) is 0 Å². The fraction of sp³-hybridized carbons (Fsp3) is 0.200. The summed E-state index contributed by atoms with van der Waals surface area (Å²) in [6.45, 7) is 1.67. The fourth-order valence-corrected chi connectivity index (χ4v) is 2.56. The summed E-state index contributed by atoms with van der Waals surface area (Å²) in [7, 11) is 0. The van der Waals surface area contributed by atoms with Crippen molar-refractivity contribution in [2.75, 3.05) is 5.75 Å². The molecule has 0 bridgehead atoms. The molecule has 2 aromatic carbocycles. The highest BCUT2D eigenvalue weighted by atomic mass is 32.2. The van der Waals surface area contributed by atoms with Gasteiger partial charge in [0.2, 0.25) is 0 Å². The van der Waals surface area contributed by atoms with Gasteiger partial charge in [0.1, 0.15) is 11.6 Å². The van der Waals surface area contributed by atoms with Crippen LogP contribution >= 0.6 is 11.8 Å². The molecule has 0 aliphatic rings. The van der Waals surface area contributed by atoms with Crippen LogP contribution in [0.1, 0.15) is 17.2 Å². The lowest BCUT2D eigenvalue weighted by atomic mass is 10.1. The molecule has 0 aliphatic carbocycles. The van der Waals surface area contributed by atoms with Crippen LogP contribution in [0.2, 0.25) is 0 Å². The Kier molecular flexibility index (Phi) is 4.56. The monoisotopic (exact) mass is 280 g/mol. The zero-order valence-electron chi connectivity index (χ0n) is 10.4. The van der Waals surface area contributed by atoms with Gasteiger partial charge in [-0.25, -0.2) is 8.78 Å². The van der Waals surface area contributed by atoms with E-state index >= 15 is 0 Å². The molecule has 0 aliphatic heterocycles. The van der Waals surface area contributed by atoms with E-state index in [2.05, 4.69) is 0 Å². The SMILES string of the molecule is Cc1ccc(C(O)CSc2cccc(F)c2)cc1F. The van der Waals surface area contributed by atoms with Crippen LogP contribution < -0.4 is 0 Å². The average molecular weight is 280 g/mol. The zero-order valence-corrected chi connectivity index (χ0v) is 11.3. The molecule has 0 amide bonds. The topological polar surface area (TPSA) is 20.2 Å². The summed E-state index contributed by atoms with van der Waals surface area (Å²) in [5.74, 6) is -0.278. The largest absolute Gasteiger partial charge is 0.388 e. The molecule has 1 N–H and O–H groups in total. The van der Waals surface area contributed by atoms with E-state index in [0.29, 0.717) is 16.9 Å². The van der Waals surface area contributed by atoms with Gasteiger partial charge in [0.25, 0.3) is 0 Å². The third-order valence-electron chi connectivity index (χ3n) is 2.78. The second-order valence-electron chi connectivity index (χ2n) is 4.29. The van der Waals surface area contributed by atoms with Crippen molar-refractivity contribution in [1.29, 1.82) is 0 Å². The number of hydrogen-bond acceptors (Lipinski definition) is 2. The molecule has 100 valence electrons. The van der Waals surface area contributed by atoms with E-state index in [0.717, 1.165) is 4.90 Å². The van der Waals surface area contributed by atoms with Crippen LogP contribution in [0.4, 0.5) is 8.78 Å². The minimum Gasteiger partial charge on any atom is -0.388 e. The van der Waals surface area contributed by atoms with Gasteiger partial charge in [-0.1, -0.05) is 18.2 Å². The lowest BCUT2D eigenvalue weighted by Gasteiger charge is -2.11. The van der Waals surface area contributed by atoms with Crippen LogP contribution in [-0.4, -0.2) is 10.9 Å². The Hall–Kier alpha value is -1.39. The second-order valence-corrected chi connectivity index (χ2v) is 5.39. The summed E-state index contributed by atoms with van der Waals surface area (Å²) in [5, 5.41) is 9.99. The molecule has 1 atom stereocenters. The standard InChI is InChI=1S/C15H14F2OS/c1-10-5-6-11(7-14(10)17)15(18)9-19-13-4-2-3-12(16)8-13/h2-8,15,18H,9H2,1H3. The number of aliphatic hydroxyl groups is 1. The number of aliphatic hydroxyl groups excluding tert-OH is 1. The highest BCUT2D eigenvalue weighted by molar-refractivity contribution is 7.99.